The zero-order valence-corrected chi connectivity index (χ0v) is 72.0. The summed E-state index contributed by atoms with van der Waals surface area (Å²) in [6.45, 7) is 54.9. The Balaban J connectivity index is 0.000000218. The smallest absolute Gasteiger partial charge is 0.275 e. The largest absolute Gasteiger partial charge is 0.440 e. The SMILES string of the molecule is CC(C)(C)c1ccc(-c2cc(-c3ccccc3)ccc2OPOc2ccc(-c3ccccc3)cc2-c2ccc(C(C)(C)C)cc2C(C)(C)C)c(C(C)(C)C)c1.CC(C)(C)c1ccc(-c2cc(-c3ccccc3)ccc2OPOc2ccc(-c3ccccc3)cc2-c2ccc(C(C)(C)C)cc2C(C)(C)C)c(C(C)(C)C)c1. The van der Waals surface area contributed by atoms with Gasteiger partial charge in [-0.15, -0.1) is 0 Å². The molecule has 12 rings (SSSR count). The fraction of sp³-hybridized carbons (Fsp3) is 0.308. The molecule has 12 aromatic rings. The molecule has 0 radical (unpaired) electrons. The lowest BCUT2D eigenvalue weighted by Gasteiger charge is -2.29. The Morgan fingerprint density at radius 3 is 0.509 bits per heavy atom. The van der Waals surface area contributed by atoms with Crippen molar-refractivity contribution < 1.29 is 18.1 Å². The highest BCUT2D eigenvalue weighted by Crippen LogP contribution is 2.50. The predicted molar refractivity (Wildman–Crippen MR) is 478 cm³/mol. The fourth-order valence-corrected chi connectivity index (χ4v) is 15.4. The van der Waals surface area contributed by atoms with Crippen LogP contribution in [0.25, 0.3) is 89.0 Å². The van der Waals surface area contributed by atoms with Gasteiger partial charge in [-0.25, -0.2) is 0 Å². The van der Waals surface area contributed by atoms with Crippen molar-refractivity contribution in [3.63, 3.8) is 0 Å². The van der Waals surface area contributed by atoms with E-state index in [0.717, 1.165) is 67.5 Å². The van der Waals surface area contributed by atoms with Crippen molar-refractivity contribution in [2.75, 3.05) is 0 Å². The van der Waals surface area contributed by atoms with Crippen LogP contribution in [0.1, 0.15) is 211 Å². The normalized spacial score (nSPS) is 12.4. The summed E-state index contributed by atoms with van der Waals surface area (Å²) >= 11 is 0. The zero-order chi connectivity index (χ0) is 79.5. The maximum absolute atomic E-state index is 6.72. The van der Waals surface area contributed by atoms with Gasteiger partial charge in [0.1, 0.15) is 23.0 Å². The Morgan fingerprint density at radius 2 is 0.345 bits per heavy atom. The van der Waals surface area contributed by atoms with E-state index in [2.05, 4.69) is 433 Å². The number of benzene rings is 12. The average Bonchev–Trinajstić information content (AvgIpc) is 0.785. The van der Waals surface area contributed by atoms with E-state index in [1.807, 2.05) is 0 Å². The molecule has 6 heteroatoms. The maximum atomic E-state index is 6.72. The van der Waals surface area contributed by atoms with Gasteiger partial charge in [-0.05, 0) is 203 Å². The van der Waals surface area contributed by atoms with E-state index in [-0.39, 0.29) is 61.4 Å². The molecule has 0 spiro atoms. The second-order valence-corrected chi connectivity index (χ2v) is 39.1. The maximum Gasteiger partial charge on any atom is 0.275 e. The van der Waals surface area contributed by atoms with Crippen LogP contribution in [-0.4, -0.2) is 0 Å². The lowest BCUT2D eigenvalue weighted by atomic mass is 9.77. The molecule has 0 saturated carbocycles. The molecule has 0 N–H and O–H groups in total. The van der Waals surface area contributed by atoms with Gasteiger partial charge in [0.05, 0.1) is 0 Å². The second kappa shape index (κ2) is 32.6. The molecular weight excluding hydrogens is 1380 g/mol. The first-order valence-electron chi connectivity index (χ1n) is 39.2. The first-order valence-corrected chi connectivity index (χ1v) is 40.8. The Labute approximate surface area is 664 Å². The summed E-state index contributed by atoms with van der Waals surface area (Å²) in [5.41, 5.74) is 28.6. The van der Waals surface area contributed by atoms with Crippen LogP contribution in [-0.2, 0) is 43.3 Å². The van der Waals surface area contributed by atoms with Crippen LogP contribution >= 0.6 is 18.1 Å². The van der Waals surface area contributed by atoms with Gasteiger partial charge in [0.25, 0.3) is 18.1 Å². The van der Waals surface area contributed by atoms with E-state index in [0.29, 0.717) is 0 Å². The molecule has 0 heterocycles. The Bertz CT molecular complexity index is 4520. The van der Waals surface area contributed by atoms with E-state index in [9.17, 15) is 0 Å². The van der Waals surface area contributed by atoms with E-state index in [1.165, 1.54) is 89.0 Å². The molecule has 0 aliphatic rings. The van der Waals surface area contributed by atoms with Gasteiger partial charge in [-0.2, -0.15) is 0 Å². The molecule has 0 fully saturated rings. The lowest BCUT2D eigenvalue weighted by Crippen LogP contribution is -2.17. The first-order chi connectivity index (χ1) is 51.6. The van der Waals surface area contributed by atoms with E-state index in [1.54, 1.807) is 0 Å². The molecular formula is C104H118O4P2. The minimum atomic E-state index is -0.260. The van der Waals surface area contributed by atoms with Crippen LogP contribution < -0.4 is 18.1 Å². The number of hydrogen-bond acceptors (Lipinski definition) is 4. The summed E-state index contributed by atoms with van der Waals surface area (Å²) in [5, 5.41) is 0. The van der Waals surface area contributed by atoms with Crippen molar-refractivity contribution >= 4 is 18.1 Å². The molecule has 0 amide bonds. The molecule has 110 heavy (non-hydrogen) atoms. The average molecular weight is 1490 g/mol. The Kier molecular flexibility index (Phi) is 24.2. The van der Waals surface area contributed by atoms with Crippen molar-refractivity contribution in [2.45, 2.75) is 209 Å². The van der Waals surface area contributed by atoms with Gasteiger partial charge in [0, 0.05) is 22.3 Å². The monoisotopic (exact) mass is 1490 g/mol. The van der Waals surface area contributed by atoms with Crippen molar-refractivity contribution in [3.05, 3.63) is 311 Å². The number of rotatable bonds is 16. The van der Waals surface area contributed by atoms with Gasteiger partial charge in [-0.3, -0.25) is 0 Å². The van der Waals surface area contributed by atoms with Crippen LogP contribution in [0.3, 0.4) is 0 Å². The summed E-state index contributed by atoms with van der Waals surface area (Å²) < 4.78 is 26.9. The van der Waals surface area contributed by atoms with Gasteiger partial charge in [0.15, 0.2) is 0 Å². The topological polar surface area (TPSA) is 36.9 Å². The van der Waals surface area contributed by atoms with Crippen molar-refractivity contribution in [2.24, 2.45) is 0 Å². The second-order valence-electron chi connectivity index (χ2n) is 37.9. The highest BCUT2D eigenvalue weighted by molar-refractivity contribution is 7.27. The fourth-order valence-electron chi connectivity index (χ4n) is 14.2. The molecule has 0 unspecified atom stereocenters. The lowest BCUT2D eigenvalue weighted by molar-refractivity contribution is 0.516. The Morgan fingerprint density at radius 1 is 0.164 bits per heavy atom. The summed E-state index contributed by atoms with van der Waals surface area (Å²) in [6, 6.07) is 96.4. The molecule has 0 aliphatic carbocycles. The van der Waals surface area contributed by atoms with Crippen LogP contribution in [0.4, 0.5) is 0 Å². The quantitative estimate of drug-likeness (QED) is 0.0904. The van der Waals surface area contributed by atoms with Crippen LogP contribution in [0.2, 0.25) is 0 Å². The minimum absolute atomic E-state index is 0.0344. The summed E-state index contributed by atoms with van der Waals surface area (Å²) in [6.07, 6.45) is 0. The molecule has 12 aromatic carbocycles. The summed E-state index contributed by atoms with van der Waals surface area (Å²) in [5.74, 6) is 3.22. The first kappa shape index (κ1) is 81.7. The van der Waals surface area contributed by atoms with Gasteiger partial charge < -0.3 is 18.1 Å². The Hall–Kier alpha value is -9.30. The standard InChI is InChI=1S/2C52H59O2P/c2*1-49(2,3)39-25-27-41(45(33-39)51(7,8)9)43-31-37(35-19-15-13-16-20-35)23-29-47(43)53-55-54-48-30-24-38(36-21-17-14-18-22-36)32-44(48)42-28-26-40(50(4,5)6)34-46(42)52(10,11)12/h2*13-34,55H,1-12H3. The minimum Gasteiger partial charge on any atom is -0.440 e. The molecule has 0 saturated heterocycles. The molecule has 568 valence electrons. The van der Waals surface area contributed by atoms with E-state index < -0.39 is 0 Å². The van der Waals surface area contributed by atoms with Gasteiger partial charge >= 0.3 is 0 Å². The van der Waals surface area contributed by atoms with Crippen LogP contribution in [0.5, 0.6) is 23.0 Å². The third-order valence-electron chi connectivity index (χ3n) is 20.9. The summed E-state index contributed by atoms with van der Waals surface area (Å²) in [7, 11) is -0.519. The van der Waals surface area contributed by atoms with Gasteiger partial charge in [0.2, 0.25) is 0 Å². The summed E-state index contributed by atoms with van der Waals surface area (Å²) in [4.78, 5) is 0. The molecule has 0 aliphatic heterocycles. The molecule has 0 bridgehead atoms. The van der Waals surface area contributed by atoms with Crippen molar-refractivity contribution in [1.82, 2.24) is 0 Å². The van der Waals surface area contributed by atoms with E-state index in [4.69, 9.17) is 18.1 Å². The van der Waals surface area contributed by atoms with Gasteiger partial charge in [-0.1, -0.05) is 385 Å². The van der Waals surface area contributed by atoms with Crippen LogP contribution in [0, 0.1) is 0 Å². The zero-order valence-electron chi connectivity index (χ0n) is 70.0. The molecule has 0 aromatic heterocycles. The third-order valence-corrected chi connectivity index (χ3v) is 22.1. The van der Waals surface area contributed by atoms with Crippen molar-refractivity contribution in [1.29, 1.82) is 0 Å². The molecule has 4 nitrogen and oxygen atoms in total. The number of hydrogen-bond donors (Lipinski definition) is 0. The van der Waals surface area contributed by atoms with E-state index >= 15 is 0 Å². The highest BCUT2D eigenvalue weighted by atomic mass is 31.1. The third kappa shape index (κ3) is 19.7. The molecule has 0 atom stereocenters. The highest BCUT2D eigenvalue weighted by Gasteiger charge is 2.31. The predicted octanol–water partition coefficient (Wildman–Crippen LogP) is 31.0. The van der Waals surface area contributed by atoms with Crippen molar-refractivity contribution in [3.8, 4) is 112 Å². The van der Waals surface area contributed by atoms with Crippen LogP contribution in [0.15, 0.2) is 267 Å².